The molecule has 0 saturated carbocycles. The van der Waals surface area contributed by atoms with E-state index in [1.54, 1.807) is 18.2 Å². The number of aryl methyl sites for hydroxylation is 1. The van der Waals surface area contributed by atoms with E-state index in [-0.39, 0.29) is 16.6 Å². The van der Waals surface area contributed by atoms with Gasteiger partial charge in [-0.25, -0.2) is 4.79 Å². The minimum Gasteiger partial charge on any atom is -0.450 e. The molecule has 1 aromatic heterocycles. The van der Waals surface area contributed by atoms with Crippen molar-refractivity contribution >= 4 is 22.8 Å². The lowest BCUT2D eigenvalue weighted by Gasteiger charge is -2.33. The third-order valence-corrected chi connectivity index (χ3v) is 3.87. The van der Waals surface area contributed by atoms with Crippen LogP contribution in [0.15, 0.2) is 33.5 Å². The molecule has 0 aliphatic carbocycles. The monoisotopic (exact) mass is 373 g/mol. The van der Waals surface area contributed by atoms with Crippen molar-refractivity contribution < 1.29 is 18.7 Å². The second kappa shape index (κ2) is 7.55. The number of hydrogen-bond donors (Lipinski definition) is 1. The summed E-state index contributed by atoms with van der Waals surface area (Å²) in [7, 11) is 0. The van der Waals surface area contributed by atoms with Gasteiger partial charge in [-0.1, -0.05) is 32.4 Å². The number of fused-ring (bicyclic) bond motifs is 1. The maximum absolute atomic E-state index is 12.2. The summed E-state index contributed by atoms with van der Waals surface area (Å²) in [5.41, 5.74) is 0.494. The fourth-order valence-corrected chi connectivity index (χ4v) is 3.36. The molecule has 6 nitrogen and oxygen atoms in total. The van der Waals surface area contributed by atoms with Crippen LogP contribution in [0.5, 0.6) is 0 Å². The van der Waals surface area contributed by atoms with Crippen LogP contribution in [0.25, 0.3) is 11.0 Å². The Bertz CT molecular complexity index is 918. The SMILES string of the molecule is Cc1ccc2oc(C(=O)OCC(=O)NC(C)(C)CC(C)(C)C)cc(=O)c2c1. The molecule has 146 valence electrons. The van der Waals surface area contributed by atoms with Gasteiger partial charge in [0.05, 0.1) is 5.39 Å². The highest BCUT2D eigenvalue weighted by Gasteiger charge is 2.27. The molecule has 0 saturated heterocycles. The minimum atomic E-state index is -0.849. The highest BCUT2D eigenvalue weighted by molar-refractivity contribution is 5.90. The fourth-order valence-electron chi connectivity index (χ4n) is 3.36. The third kappa shape index (κ3) is 5.94. The maximum Gasteiger partial charge on any atom is 0.374 e. The molecule has 2 aromatic rings. The molecule has 1 amide bonds. The Labute approximate surface area is 158 Å². The molecule has 0 unspecified atom stereocenters. The van der Waals surface area contributed by atoms with Crippen molar-refractivity contribution in [1.29, 1.82) is 0 Å². The zero-order valence-corrected chi connectivity index (χ0v) is 16.8. The topological polar surface area (TPSA) is 85.6 Å². The second-order valence-electron chi connectivity index (χ2n) is 8.72. The van der Waals surface area contributed by atoms with E-state index in [1.807, 2.05) is 20.8 Å². The molecule has 0 fully saturated rings. The molecule has 0 bridgehead atoms. The number of rotatable bonds is 5. The van der Waals surface area contributed by atoms with Gasteiger partial charge < -0.3 is 14.5 Å². The first-order valence-electron chi connectivity index (χ1n) is 8.89. The Kier molecular flexibility index (Phi) is 5.78. The lowest BCUT2D eigenvalue weighted by atomic mass is 9.82. The van der Waals surface area contributed by atoms with Gasteiger partial charge in [0, 0.05) is 11.6 Å². The number of hydrogen-bond acceptors (Lipinski definition) is 5. The van der Waals surface area contributed by atoms with Crippen molar-refractivity contribution in [1.82, 2.24) is 5.32 Å². The van der Waals surface area contributed by atoms with Gasteiger partial charge >= 0.3 is 5.97 Å². The van der Waals surface area contributed by atoms with Crippen LogP contribution in [-0.4, -0.2) is 24.0 Å². The maximum atomic E-state index is 12.2. The van der Waals surface area contributed by atoms with Crippen LogP contribution < -0.4 is 10.7 Å². The molecular weight excluding hydrogens is 346 g/mol. The predicted molar refractivity (Wildman–Crippen MR) is 104 cm³/mol. The van der Waals surface area contributed by atoms with Gasteiger partial charge in [-0.05, 0) is 44.7 Å². The van der Waals surface area contributed by atoms with Crippen LogP contribution >= 0.6 is 0 Å². The van der Waals surface area contributed by atoms with E-state index in [0.29, 0.717) is 11.0 Å². The number of nitrogens with one attached hydrogen (secondary N) is 1. The van der Waals surface area contributed by atoms with Crippen LogP contribution in [0.2, 0.25) is 0 Å². The summed E-state index contributed by atoms with van der Waals surface area (Å²) in [4.78, 5) is 36.5. The van der Waals surface area contributed by atoms with Gasteiger partial charge in [0.25, 0.3) is 5.91 Å². The first-order chi connectivity index (χ1) is 12.4. The number of esters is 1. The lowest BCUT2D eigenvalue weighted by Crippen LogP contribution is -2.47. The number of benzene rings is 1. The number of amides is 1. The summed E-state index contributed by atoms with van der Waals surface area (Å²) in [5, 5.41) is 3.25. The second-order valence-corrected chi connectivity index (χ2v) is 8.72. The van der Waals surface area contributed by atoms with Crippen LogP contribution in [-0.2, 0) is 9.53 Å². The smallest absolute Gasteiger partial charge is 0.374 e. The summed E-state index contributed by atoms with van der Waals surface area (Å²) < 4.78 is 10.5. The summed E-state index contributed by atoms with van der Waals surface area (Å²) in [6, 6.07) is 6.20. The molecule has 1 heterocycles. The van der Waals surface area contributed by atoms with Gasteiger partial charge in [0.1, 0.15) is 5.58 Å². The van der Waals surface area contributed by atoms with Crippen LogP contribution in [0.1, 0.15) is 57.2 Å². The zero-order chi connectivity index (χ0) is 20.4. The first kappa shape index (κ1) is 20.7. The number of carbonyl (C=O) groups is 2. The van der Waals surface area contributed by atoms with Gasteiger partial charge in [0.2, 0.25) is 5.76 Å². The van der Waals surface area contributed by atoms with E-state index in [2.05, 4.69) is 26.1 Å². The number of carbonyl (C=O) groups excluding carboxylic acids is 2. The standard InChI is InChI=1S/C21H27NO5/c1-13-7-8-16-14(9-13)15(23)10-17(27-16)19(25)26-11-18(24)22-21(5,6)12-20(2,3)4/h7-10H,11-12H2,1-6H3,(H,22,24). The van der Waals surface area contributed by atoms with Crippen LogP contribution in [0, 0.1) is 12.3 Å². The Morgan fingerprint density at radius 2 is 1.78 bits per heavy atom. The molecule has 0 spiro atoms. The average molecular weight is 373 g/mol. The van der Waals surface area contributed by atoms with E-state index >= 15 is 0 Å². The highest BCUT2D eigenvalue weighted by Crippen LogP contribution is 2.26. The molecule has 0 atom stereocenters. The van der Waals surface area contributed by atoms with E-state index in [9.17, 15) is 14.4 Å². The van der Waals surface area contributed by atoms with Gasteiger partial charge in [-0.2, -0.15) is 0 Å². The Morgan fingerprint density at radius 3 is 2.41 bits per heavy atom. The van der Waals surface area contributed by atoms with Crippen LogP contribution in [0.4, 0.5) is 0 Å². The molecule has 1 N–H and O–H groups in total. The first-order valence-corrected chi connectivity index (χ1v) is 8.89. The average Bonchev–Trinajstić information content (AvgIpc) is 2.50. The normalized spacial score (nSPS) is 12.1. The van der Waals surface area contributed by atoms with Crippen molar-refractivity contribution in [3.05, 3.63) is 45.8 Å². The Balaban J connectivity index is 2.03. The molecule has 2 rings (SSSR count). The van der Waals surface area contributed by atoms with Gasteiger partial charge in [-0.15, -0.1) is 0 Å². The van der Waals surface area contributed by atoms with E-state index in [1.165, 1.54) is 0 Å². The van der Waals surface area contributed by atoms with E-state index < -0.39 is 24.0 Å². The zero-order valence-electron chi connectivity index (χ0n) is 16.8. The third-order valence-electron chi connectivity index (χ3n) is 3.87. The summed E-state index contributed by atoms with van der Waals surface area (Å²) >= 11 is 0. The summed E-state index contributed by atoms with van der Waals surface area (Å²) in [6.07, 6.45) is 0.763. The van der Waals surface area contributed by atoms with Crippen molar-refractivity contribution in [3.63, 3.8) is 0 Å². The molecule has 0 aliphatic rings. The largest absolute Gasteiger partial charge is 0.450 e. The molecule has 27 heavy (non-hydrogen) atoms. The van der Waals surface area contributed by atoms with Crippen molar-refractivity contribution in [2.24, 2.45) is 5.41 Å². The van der Waals surface area contributed by atoms with E-state index in [0.717, 1.165) is 18.1 Å². The molecule has 0 radical (unpaired) electrons. The quantitative estimate of drug-likeness (QED) is 0.810. The summed E-state index contributed by atoms with van der Waals surface area (Å²) in [6.45, 7) is 11.5. The minimum absolute atomic E-state index is 0.0420. The van der Waals surface area contributed by atoms with E-state index in [4.69, 9.17) is 9.15 Å². The van der Waals surface area contributed by atoms with Crippen molar-refractivity contribution in [2.45, 2.75) is 53.5 Å². The number of ether oxygens (including phenoxy) is 1. The summed E-state index contributed by atoms with van der Waals surface area (Å²) in [5.74, 6) is -1.48. The lowest BCUT2D eigenvalue weighted by molar-refractivity contribution is -0.126. The molecular formula is C21H27NO5. The Morgan fingerprint density at radius 1 is 1.11 bits per heavy atom. The fraction of sp³-hybridized carbons (Fsp3) is 0.476. The van der Waals surface area contributed by atoms with Gasteiger partial charge in [-0.3, -0.25) is 9.59 Å². The molecule has 6 heteroatoms. The predicted octanol–water partition coefficient (Wildman–Crippen LogP) is 3.59. The Hall–Kier alpha value is -2.63. The van der Waals surface area contributed by atoms with Gasteiger partial charge in [0.15, 0.2) is 12.0 Å². The highest BCUT2D eigenvalue weighted by atomic mass is 16.5. The molecule has 1 aromatic carbocycles. The van der Waals surface area contributed by atoms with Crippen LogP contribution in [0.3, 0.4) is 0 Å². The van der Waals surface area contributed by atoms with Crippen molar-refractivity contribution in [3.8, 4) is 0 Å². The molecule has 0 aliphatic heterocycles. The van der Waals surface area contributed by atoms with Crippen molar-refractivity contribution in [2.75, 3.05) is 6.61 Å².